The second-order valence-electron chi connectivity index (χ2n) is 7.24. The molecule has 1 saturated heterocycles. The van der Waals surface area contributed by atoms with E-state index in [2.05, 4.69) is 27.0 Å². The van der Waals surface area contributed by atoms with E-state index < -0.39 is 0 Å². The smallest absolute Gasteiger partial charge is 0.240 e. The van der Waals surface area contributed by atoms with Crippen LogP contribution >= 0.6 is 0 Å². The number of aromatic amines is 1. The topological polar surface area (TPSA) is 65.4 Å². The molecule has 3 aromatic rings. The van der Waals surface area contributed by atoms with Crippen LogP contribution in [0.2, 0.25) is 0 Å². The molecule has 26 heavy (non-hydrogen) atoms. The third-order valence-electron chi connectivity index (χ3n) is 5.53. The van der Waals surface area contributed by atoms with Gasteiger partial charge in [0, 0.05) is 31.4 Å². The minimum Gasteiger partial charge on any atom is -0.460 e. The number of rotatable bonds is 3. The van der Waals surface area contributed by atoms with Gasteiger partial charge in [0.05, 0.1) is 30.3 Å². The first-order valence-corrected chi connectivity index (χ1v) is 9.29. The van der Waals surface area contributed by atoms with Crippen LogP contribution in [-0.2, 0) is 24.3 Å². The largest absolute Gasteiger partial charge is 0.460 e. The average Bonchev–Trinajstić information content (AvgIpc) is 3.39. The number of H-pyrrole nitrogens is 1. The first kappa shape index (κ1) is 15.6. The number of aromatic nitrogens is 2. The number of nitrogens with one attached hydrogen (secondary N) is 1. The summed E-state index contributed by atoms with van der Waals surface area (Å²) in [6.07, 6.45) is 4.60. The molecule has 1 N–H and O–H groups in total. The number of nitrogens with zero attached hydrogens (tertiary/aromatic N) is 3. The summed E-state index contributed by atoms with van der Waals surface area (Å²) in [4.78, 5) is 25.0. The Balaban J connectivity index is 1.44. The van der Waals surface area contributed by atoms with E-state index in [1.807, 2.05) is 23.1 Å². The van der Waals surface area contributed by atoms with Gasteiger partial charge in [0.15, 0.2) is 0 Å². The fourth-order valence-corrected chi connectivity index (χ4v) is 4.16. The molecule has 0 unspecified atom stereocenters. The Morgan fingerprint density at radius 2 is 2.12 bits per heavy atom. The first-order valence-electron chi connectivity index (χ1n) is 9.29. The fourth-order valence-electron chi connectivity index (χ4n) is 4.16. The number of benzene rings is 1. The van der Waals surface area contributed by atoms with Crippen molar-refractivity contribution in [1.82, 2.24) is 19.8 Å². The van der Waals surface area contributed by atoms with Gasteiger partial charge < -0.3 is 14.3 Å². The van der Waals surface area contributed by atoms with Crippen molar-refractivity contribution in [2.45, 2.75) is 38.4 Å². The number of hydrogen-bond donors (Lipinski definition) is 1. The summed E-state index contributed by atoms with van der Waals surface area (Å²) in [7, 11) is 0. The number of fused-ring (bicyclic) bond motifs is 2. The van der Waals surface area contributed by atoms with Gasteiger partial charge in [-0.3, -0.25) is 9.69 Å². The fraction of sp³-hybridized carbons (Fsp3) is 0.400. The Morgan fingerprint density at radius 1 is 1.27 bits per heavy atom. The number of carbonyl (C=O) groups excluding carboxylic acids is 1. The van der Waals surface area contributed by atoms with Crippen LogP contribution in [0.4, 0.5) is 0 Å². The SMILES string of the molecule is O=C([C@@H]1Cc2nc[nH]c2CN1Cc1cc2ccccc2o1)N1CCCC1. The van der Waals surface area contributed by atoms with Crippen molar-refractivity contribution in [3.63, 3.8) is 0 Å². The van der Waals surface area contributed by atoms with Gasteiger partial charge in [-0.15, -0.1) is 0 Å². The predicted molar refractivity (Wildman–Crippen MR) is 97.4 cm³/mol. The van der Waals surface area contributed by atoms with E-state index in [-0.39, 0.29) is 11.9 Å². The monoisotopic (exact) mass is 350 g/mol. The van der Waals surface area contributed by atoms with E-state index in [1.165, 1.54) is 0 Å². The van der Waals surface area contributed by atoms with Crippen LogP contribution in [-0.4, -0.2) is 44.8 Å². The Bertz CT molecular complexity index is 905. The highest BCUT2D eigenvalue weighted by molar-refractivity contribution is 5.83. The molecule has 5 rings (SSSR count). The Kier molecular flexibility index (Phi) is 3.78. The molecule has 2 aliphatic rings. The molecule has 0 saturated carbocycles. The molecule has 1 fully saturated rings. The van der Waals surface area contributed by atoms with E-state index in [9.17, 15) is 4.79 Å². The molecule has 1 aromatic carbocycles. The summed E-state index contributed by atoms with van der Waals surface area (Å²) in [5.74, 6) is 1.13. The van der Waals surface area contributed by atoms with E-state index in [0.29, 0.717) is 19.5 Å². The van der Waals surface area contributed by atoms with Gasteiger partial charge in [0.25, 0.3) is 0 Å². The maximum atomic E-state index is 13.1. The lowest BCUT2D eigenvalue weighted by Gasteiger charge is -2.35. The molecule has 6 nitrogen and oxygen atoms in total. The minimum absolute atomic E-state index is 0.169. The van der Waals surface area contributed by atoms with Crippen molar-refractivity contribution in [2.75, 3.05) is 13.1 Å². The average molecular weight is 350 g/mol. The number of imidazole rings is 1. The molecular weight excluding hydrogens is 328 g/mol. The molecule has 2 aromatic heterocycles. The van der Waals surface area contributed by atoms with Crippen LogP contribution in [0.1, 0.15) is 30.0 Å². The summed E-state index contributed by atoms with van der Waals surface area (Å²) in [5, 5.41) is 1.10. The number of amides is 1. The molecule has 0 bridgehead atoms. The van der Waals surface area contributed by atoms with Crippen LogP contribution in [0.3, 0.4) is 0 Å². The van der Waals surface area contributed by atoms with Gasteiger partial charge in [-0.1, -0.05) is 18.2 Å². The zero-order valence-corrected chi connectivity index (χ0v) is 14.6. The van der Waals surface area contributed by atoms with E-state index in [1.54, 1.807) is 6.33 Å². The third kappa shape index (κ3) is 2.70. The zero-order chi connectivity index (χ0) is 17.5. The summed E-state index contributed by atoms with van der Waals surface area (Å²) in [6, 6.07) is 9.94. The summed E-state index contributed by atoms with van der Waals surface area (Å²) in [5.41, 5.74) is 3.01. The van der Waals surface area contributed by atoms with Crippen molar-refractivity contribution >= 4 is 16.9 Å². The Labute approximate surface area is 151 Å². The second-order valence-corrected chi connectivity index (χ2v) is 7.24. The molecular formula is C20H22N4O2. The van der Waals surface area contributed by atoms with Crippen LogP contribution < -0.4 is 0 Å². The van der Waals surface area contributed by atoms with Crippen molar-refractivity contribution in [1.29, 1.82) is 0 Å². The molecule has 0 spiro atoms. The van der Waals surface area contributed by atoms with Crippen LogP contribution in [0.5, 0.6) is 0 Å². The lowest BCUT2D eigenvalue weighted by atomic mass is 10.0. The van der Waals surface area contributed by atoms with E-state index >= 15 is 0 Å². The Hall–Kier alpha value is -2.60. The number of furan rings is 1. The highest BCUT2D eigenvalue weighted by Crippen LogP contribution is 2.27. The molecule has 134 valence electrons. The lowest BCUT2D eigenvalue weighted by molar-refractivity contribution is -0.137. The quantitative estimate of drug-likeness (QED) is 0.789. The van der Waals surface area contributed by atoms with Crippen molar-refractivity contribution < 1.29 is 9.21 Å². The third-order valence-corrected chi connectivity index (χ3v) is 5.53. The van der Waals surface area contributed by atoms with Gasteiger partial charge in [0.1, 0.15) is 11.3 Å². The minimum atomic E-state index is -0.169. The van der Waals surface area contributed by atoms with Crippen molar-refractivity contribution in [3.05, 3.63) is 53.8 Å². The molecule has 1 amide bonds. The molecule has 4 heterocycles. The van der Waals surface area contributed by atoms with E-state index in [0.717, 1.165) is 54.0 Å². The molecule has 0 radical (unpaired) electrons. The van der Waals surface area contributed by atoms with Crippen LogP contribution in [0.15, 0.2) is 41.1 Å². The summed E-state index contributed by atoms with van der Waals surface area (Å²) >= 11 is 0. The van der Waals surface area contributed by atoms with Gasteiger partial charge in [-0.05, 0) is 25.0 Å². The number of likely N-dealkylation sites (tertiary alicyclic amines) is 1. The van der Waals surface area contributed by atoms with E-state index in [4.69, 9.17) is 4.42 Å². The maximum absolute atomic E-state index is 13.1. The highest BCUT2D eigenvalue weighted by atomic mass is 16.3. The summed E-state index contributed by atoms with van der Waals surface area (Å²) in [6.45, 7) is 3.07. The highest BCUT2D eigenvalue weighted by Gasteiger charge is 2.36. The first-order chi connectivity index (χ1) is 12.8. The summed E-state index contributed by atoms with van der Waals surface area (Å²) < 4.78 is 6.00. The number of carbonyl (C=O) groups is 1. The molecule has 1 atom stereocenters. The van der Waals surface area contributed by atoms with Gasteiger partial charge >= 0.3 is 0 Å². The van der Waals surface area contributed by atoms with Gasteiger partial charge in [0.2, 0.25) is 5.91 Å². The van der Waals surface area contributed by atoms with Crippen LogP contribution in [0, 0.1) is 0 Å². The normalized spacial score (nSPS) is 20.6. The van der Waals surface area contributed by atoms with Gasteiger partial charge in [-0.2, -0.15) is 0 Å². The maximum Gasteiger partial charge on any atom is 0.240 e. The van der Waals surface area contributed by atoms with Gasteiger partial charge in [-0.25, -0.2) is 4.98 Å². The molecule has 0 aliphatic carbocycles. The van der Waals surface area contributed by atoms with Crippen molar-refractivity contribution in [3.8, 4) is 0 Å². The Morgan fingerprint density at radius 3 is 2.96 bits per heavy atom. The van der Waals surface area contributed by atoms with Crippen LogP contribution in [0.25, 0.3) is 11.0 Å². The standard InChI is InChI=1S/C20H22N4O2/c25-20(23-7-3-4-8-23)18-10-16-17(22-13-21-16)12-24(18)11-15-9-14-5-1-2-6-19(14)26-15/h1-2,5-6,9,13,18H,3-4,7-8,10-12H2,(H,21,22)/t18-/m0/s1. The number of hydrogen-bond acceptors (Lipinski definition) is 4. The lowest BCUT2D eigenvalue weighted by Crippen LogP contribution is -2.50. The predicted octanol–water partition coefficient (Wildman–Crippen LogP) is 2.71. The second kappa shape index (κ2) is 6.29. The number of para-hydroxylation sites is 1. The zero-order valence-electron chi connectivity index (χ0n) is 14.6. The molecule has 6 heteroatoms. The molecule has 2 aliphatic heterocycles. The van der Waals surface area contributed by atoms with Crippen molar-refractivity contribution in [2.24, 2.45) is 0 Å².